The second-order valence-electron chi connectivity index (χ2n) is 4.64. The van der Waals surface area contributed by atoms with E-state index in [0.29, 0.717) is 10.7 Å². The Morgan fingerprint density at radius 3 is 3.10 bits per heavy atom. The largest absolute Gasteiger partial charge is 0.323 e. The molecule has 2 heterocycles. The van der Waals surface area contributed by atoms with E-state index in [-0.39, 0.29) is 11.9 Å². The first kappa shape index (κ1) is 13.1. The summed E-state index contributed by atoms with van der Waals surface area (Å²) in [5.41, 5.74) is 1.36. The third-order valence-electron chi connectivity index (χ3n) is 3.26. The van der Waals surface area contributed by atoms with Crippen molar-refractivity contribution in [2.75, 3.05) is 11.9 Å². The molecule has 1 aliphatic rings. The van der Waals surface area contributed by atoms with E-state index in [0.717, 1.165) is 25.1 Å². The van der Waals surface area contributed by atoms with E-state index in [4.69, 9.17) is 11.6 Å². The van der Waals surface area contributed by atoms with Gasteiger partial charge in [-0.05, 0) is 37.6 Å². The SMILES string of the molecule is O=C(Nc1cc(Cl)ccc1-n1cncn1)[C@@H]1CCCN1. The lowest BCUT2D eigenvalue weighted by Gasteiger charge is -2.14. The molecule has 7 heteroatoms. The van der Waals surface area contributed by atoms with Crippen LogP contribution in [0.5, 0.6) is 0 Å². The fourth-order valence-corrected chi connectivity index (χ4v) is 2.44. The summed E-state index contributed by atoms with van der Waals surface area (Å²) in [6.45, 7) is 0.879. The van der Waals surface area contributed by atoms with Crippen LogP contribution >= 0.6 is 11.6 Å². The Balaban J connectivity index is 1.87. The maximum atomic E-state index is 12.2. The molecule has 1 fully saturated rings. The van der Waals surface area contributed by atoms with Gasteiger partial charge in [0.15, 0.2) is 0 Å². The molecule has 0 spiro atoms. The molecule has 1 atom stereocenters. The number of hydrogen-bond donors (Lipinski definition) is 2. The van der Waals surface area contributed by atoms with Crippen molar-refractivity contribution in [2.24, 2.45) is 0 Å². The number of halogens is 1. The van der Waals surface area contributed by atoms with Crippen molar-refractivity contribution < 1.29 is 4.79 Å². The van der Waals surface area contributed by atoms with E-state index >= 15 is 0 Å². The minimum Gasteiger partial charge on any atom is -0.323 e. The quantitative estimate of drug-likeness (QED) is 0.901. The lowest BCUT2D eigenvalue weighted by atomic mass is 10.2. The second kappa shape index (κ2) is 5.60. The van der Waals surface area contributed by atoms with Gasteiger partial charge in [-0.1, -0.05) is 11.6 Å². The number of anilines is 1. The molecule has 1 aromatic carbocycles. The molecule has 2 aromatic rings. The Hall–Kier alpha value is -1.92. The normalized spacial score (nSPS) is 18.1. The zero-order chi connectivity index (χ0) is 13.9. The molecule has 1 aromatic heterocycles. The second-order valence-corrected chi connectivity index (χ2v) is 5.08. The monoisotopic (exact) mass is 291 g/mol. The summed E-state index contributed by atoms with van der Waals surface area (Å²) in [6, 6.07) is 5.12. The zero-order valence-electron chi connectivity index (χ0n) is 10.7. The minimum absolute atomic E-state index is 0.0499. The first-order valence-corrected chi connectivity index (χ1v) is 6.80. The van der Waals surface area contributed by atoms with Crippen LogP contribution in [-0.4, -0.2) is 33.3 Å². The van der Waals surface area contributed by atoms with Crippen molar-refractivity contribution in [2.45, 2.75) is 18.9 Å². The van der Waals surface area contributed by atoms with Crippen LogP contribution in [0.1, 0.15) is 12.8 Å². The summed E-state index contributed by atoms with van der Waals surface area (Å²) in [6.07, 6.45) is 4.89. The van der Waals surface area contributed by atoms with Gasteiger partial charge >= 0.3 is 0 Å². The molecule has 1 aliphatic heterocycles. The average Bonchev–Trinajstić information content (AvgIpc) is 3.12. The van der Waals surface area contributed by atoms with E-state index in [1.165, 1.54) is 6.33 Å². The summed E-state index contributed by atoms with van der Waals surface area (Å²) in [5, 5.41) is 10.7. The first-order valence-electron chi connectivity index (χ1n) is 6.43. The molecule has 0 saturated carbocycles. The molecule has 0 aliphatic carbocycles. The molecule has 20 heavy (non-hydrogen) atoms. The number of hydrogen-bond acceptors (Lipinski definition) is 4. The summed E-state index contributed by atoms with van der Waals surface area (Å²) in [4.78, 5) is 16.1. The number of amides is 1. The van der Waals surface area contributed by atoms with Gasteiger partial charge in [0.2, 0.25) is 5.91 Å². The maximum absolute atomic E-state index is 12.2. The smallest absolute Gasteiger partial charge is 0.241 e. The number of rotatable bonds is 3. The van der Waals surface area contributed by atoms with Gasteiger partial charge in [0.05, 0.1) is 17.4 Å². The fourth-order valence-electron chi connectivity index (χ4n) is 2.27. The van der Waals surface area contributed by atoms with Crippen LogP contribution in [0.2, 0.25) is 5.02 Å². The number of carbonyl (C=O) groups excluding carboxylic acids is 1. The summed E-state index contributed by atoms with van der Waals surface area (Å²) in [5.74, 6) is -0.0499. The van der Waals surface area contributed by atoms with Crippen molar-refractivity contribution in [3.63, 3.8) is 0 Å². The Morgan fingerprint density at radius 1 is 1.50 bits per heavy atom. The van der Waals surface area contributed by atoms with Crippen LogP contribution < -0.4 is 10.6 Å². The molecule has 6 nitrogen and oxygen atoms in total. The van der Waals surface area contributed by atoms with Crippen molar-refractivity contribution in [3.05, 3.63) is 35.9 Å². The molecule has 0 unspecified atom stereocenters. The van der Waals surface area contributed by atoms with E-state index in [2.05, 4.69) is 20.7 Å². The number of nitrogens with zero attached hydrogens (tertiary/aromatic N) is 3. The molecule has 1 amide bonds. The molecular formula is C13H14ClN5O. The number of aromatic nitrogens is 3. The van der Waals surface area contributed by atoms with Gasteiger partial charge in [0, 0.05) is 5.02 Å². The third kappa shape index (κ3) is 2.66. The van der Waals surface area contributed by atoms with E-state index in [1.807, 2.05) is 0 Å². The van der Waals surface area contributed by atoms with Crippen molar-refractivity contribution >= 4 is 23.2 Å². The highest BCUT2D eigenvalue weighted by Crippen LogP contribution is 2.24. The van der Waals surface area contributed by atoms with Gasteiger partial charge in [-0.2, -0.15) is 5.10 Å². The zero-order valence-corrected chi connectivity index (χ0v) is 11.5. The van der Waals surface area contributed by atoms with Crippen LogP contribution in [0.15, 0.2) is 30.9 Å². The Labute approximate surface area is 121 Å². The highest BCUT2D eigenvalue weighted by molar-refractivity contribution is 6.31. The van der Waals surface area contributed by atoms with Gasteiger partial charge in [0.25, 0.3) is 0 Å². The van der Waals surface area contributed by atoms with Crippen LogP contribution in [0.3, 0.4) is 0 Å². The van der Waals surface area contributed by atoms with Crippen LogP contribution in [-0.2, 0) is 4.79 Å². The molecular weight excluding hydrogens is 278 g/mol. The summed E-state index contributed by atoms with van der Waals surface area (Å²) < 4.78 is 1.59. The van der Waals surface area contributed by atoms with E-state index < -0.39 is 0 Å². The van der Waals surface area contributed by atoms with E-state index in [9.17, 15) is 4.79 Å². The third-order valence-corrected chi connectivity index (χ3v) is 3.49. The molecule has 104 valence electrons. The van der Waals surface area contributed by atoms with Crippen LogP contribution in [0.25, 0.3) is 5.69 Å². The van der Waals surface area contributed by atoms with Gasteiger partial charge in [-0.3, -0.25) is 4.79 Å². The minimum atomic E-state index is -0.141. The van der Waals surface area contributed by atoms with Gasteiger partial charge in [-0.25, -0.2) is 9.67 Å². The van der Waals surface area contributed by atoms with Crippen LogP contribution in [0, 0.1) is 0 Å². The predicted octanol–water partition coefficient (Wildman–Crippen LogP) is 1.61. The highest BCUT2D eigenvalue weighted by atomic mass is 35.5. The summed E-state index contributed by atoms with van der Waals surface area (Å²) in [7, 11) is 0. The number of carbonyl (C=O) groups is 1. The number of nitrogens with one attached hydrogen (secondary N) is 2. The lowest BCUT2D eigenvalue weighted by molar-refractivity contribution is -0.117. The highest BCUT2D eigenvalue weighted by Gasteiger charge is 2.22. The first-order chi connectivity index (χ1) is 9.74. The van der Waals surface area contributed by atoms with Gasteiger partial charge in [0.1, 0.15) is 12.7 Å². The Kier molecular flexibility index (Phi) is 3.66. The lowest BCUT2D eigenvalue weighted by Crippen LogP contribution is -2.35. The summed E-state index contributed by atoms with van der Waals surface area (Å²) >= 11 is 6.01. The molecule has 2 N–H and O–H groups in total. The van der Waals surface area contributed by atoms with E-state index in [1.54, 1.807) is 29.2 Å². The van der Waals surface area contributed by atoms with Gasteiger partial charge in [-0.15, -0.1) is 0 Å². The Morgan fingerprint density at radius 2 is 2.40 bits per heavy atom. The standard InChI is InChI=1S/C13H14ClN5O/c14-9-3-4-12(19-8-15-7-17-19)11(6-9)18-13(20)10-2-1-5-16-10/h3-4,6-8,10,16H,1-2,5H2,(H,18,20)/t10-/m0/s1. The molecule has 1 saturated heterocycles. The molecule has 0 bridgehead atoms. The van der Waals surface area contributed by atoms with Crippen molar-refractivity contribution in [1.82, 2.24) is 20.1 Å². The average molecular weight is 292 g/mol. The van der Waals surface area contributed by atoms with Crippen molar-refractivity contribution in [1.29, 1.82) is 0 Å². The molecule has 0 radical (unpaired) electrons. The Bertz CT molecular complexity index is 607. The fraction of sp³-hybridized carbons (Fsp3) is 0.308. The maximum Gasteiger partial charge on any atom is 0.241 e. The number of benzene rings is 1. The van der Waals surface area contributed by atoms with Gasteiger partial charge < -0.3 is 10.6 Å². The predicted molar refractivity (Wildman–Crippen MR) is 76.0 cm³/mol. The van der Waals surface area contributed by atoms with Crippen molar-refractivity contribution in [3.8, 4) is 5.69 Å². The van der Waals surface area contributed by atoms with Crippen LogP contribution in [0.4, 0.5) is 5.69 Å². The molecule has 3 rings (SSSR count). The topological polar surface area (TPSA) is 71.8 Å².